The first kappa shape index (κ1) is 22.4. The zero-order chi connectivity index (χ0) is 20.4. The van der Waals surface area contributed by atoms with Crippen LogP contribution in [0.4, 0.5) is 0 Å². The Kier molecular flexibility index (Phi) is 7.49. The highest BCUT2D eigenvalue weighted by Crippen LogP contribution is 2.33. The molecule has 0 aromatic heterocycles. The van der Waals surface area contributed by atoms with Gasteiger partial charge in [-0.25, -0.2) is 0 Å². The number of esters is 1. The molecule has 27 heavy (non-hydrogen) atoms. The van der Waals surface area contributed by atoms with Gasteiger partial charge in [-0.1, -0.05) is 0 Å². The molecule has 2 heterocycles. The number of ether oxygens (including phenoxy) is 4. The highest BCUT2D eigenvalue weighted by atomic mass is 16.8. The first-order chi connectivity index (χ1) is 12.6. The average Bonchev–Trinajstić information content (AvgIpc) is 2.64. The third kappa shape index (κ3) is 4.92. The highest BCUT2D eigenvalue weighted by Gasteiger charge is 2.51. The lowest BCUT2D eigenvalue weighted by molar-refractivity contribution is -0.382. The van der Waals surface area contributed by atoms with E-state index in [1.165, 1.54) is 0 Å². The van der Waals surface area contributed by atoms with Crippen LogP contribution in [0.5, 0.6) is 0 Å². The number of hydrogen-bond donors (Lipinski definition) is 7. The minimum atomic E-state index is -1.75. The van der Waals surface area contributed by atoms with Crippen molar-refractivity contribution < 1.29 is 59.5 Å². The molecule has 12 heteroatoms. The average molecular weight is 398 g/mol. The molecule has 9 atom stereocenters. The van der Waals surface area contributed by atoms with Crippen molar-refractivity contribution in [3.63, 3.8) is 0 Å². The van der Waals surface area contributed by atoms with Gasteiger partial charge in [0.15, 0.2) is 12.6 Å². The summed E-state index contributed by atoms with van der Waals surface area (Å²) in [7, 11) is 0. The van der Waals surface area contributed by atoms with Gasteiger partial charge in [0.1, 0.15) is 42.7 Å². The van der Waals surface area contributed by atoms with Crippen LogP contribution in [0.25, 0.3) is 0 Å². The van der Waals surface area contributed by atoms with Crippen molar-refractivity contribution >= 4 is 5.97 Å². The fourth-order valence-corrected chi connectivity index (χ4v) is 2.94. The Morgan fingerprint density at radius 2 is 1.70 bits per heavy atom. The molecule has 7 N–H and O–H groups in total. The number of aliphatic hydroxyl groups excluding tert-OH is 7. The molecular formula is C15H26O12. The Hall–Kier alpha value is -0.930. The zero-order valence-electron chi connectivity index (χ0n) is 14.6. The van der Waals surface area contributed by atoms with Gasteiger partial charge in [0, 0.05) is 13.3 Å². The smallest absolute Gasteiger partial charge is 0.302 e. The molecule has 0 aromatic carbocycles. The highest BCUT2D eigenvalue weighted by molar-refractivity contribution is 5.65. The minimum Gasteiger partial charge on any atom is -0.463 e. The molecule has 0 aliphatic carbocycles. The second-order valence-electron chi connectivity index (χ2n) is 6.70. The molecule has 0 amide bonds. The van der Waals surface area contributed by atoms with Gasteiger partial charge < -0.3 is 54.7 Å². The molecule has 0 radical (unpaired) electrons. The Morgan fingerprint density at radius 3 is 2.26 bits per heavy atom. The van der Waals surface area contributed by atoms with Crippen molar-refractivity contribution in [3.8, 4) is 0 Å². The number of hydrogen-bond acceptors (Lipinski definition) is 12. The van der Waals surface area contributed by atoms with E-state index < -0.39 is 80.6 Å². The summed E-state index contributed by atoms with van der Waals surface area (Å²) in [4.78, 5) is 11.0. The summed E-state index contributed by atoms with van der Waals surface area (Å²) in [5.41, 5.74) is -1.58. The quantitative estimate of drug-likeness (QED) is 0.212. The van der Waals surface area contributed by atoms with Crippen LogP contribution in [0, 0.1) is 0 Å². The van der Waals surface area contributed by atoms with Crippen molar-refractivity contribution in [3.05, 3.63) is 0 Å². The van der Waals surface area contributed by atoms with Crippen LogP contribution in [-0.4, -0.2) is 116 Å². The molecule has 0 saturated carbocycles. The van der Waals surface area contributed by atoms with Gasteiger partial charge in [0.05, 0.1) is 19.3 Å². The van der Waals surface area contributed by atoms with Crippen molar-refractivity contribution in [2.75, 3.05) is 19.8 Å². The van der Waals surface area contributed by atoms with Gasteiger partial charge in [0.25, 0.3) is 0 Å². The van der Waals surface area contributed by atoms with Gasteiger partial charge in [-0.2, -0.15) is 0 Å². The SMILES string of the molecule is CC(=O)OCC1(CO)CC(O)C(O)[C@@H](O[C@H]2OC(CO)[C@@H](O)C(O)C2O)O1. The molecule has 2 aliphatic rings. The summed E-state index contributed by atoms with van der Waals surface area (Å²) < 4.78 is 20.8. The summed E-state index contributed by atoms with van der Waals surface area (Å²) in [6.45, 7) is -0.661. The molecule has 158 valence electrons. The topological polar surface area (TPSA) is 196 Å². The van der Waals surface area contributed by atoms with Gasteiger partial charge in [-0.15, -0.1) is 0 Å². The lowest BCUT2D eigenvalue weighted by Gasteiger charge is -2.46. The molecule has 2 aliphatic heterocycles. The number of carbonyl (C=O) groups is 1. The summed E-state index contributed by atoms with van der Waals surface area (Å²) in [5.74, 6) is -0.654. The maximum absolute atomic E-state index is 11.0. The standard InChI is InChI=1S/C15H26O12/c1-6(18)24-5-15(4-17)2-7(19)9(20)14(27-15)26-13-12(23)11(22)10(21)8(3-16)25-13/h7-14,16-17,19-23H,2-5H2,1H3/t7?,8?,9?,10-,11?,12?,13-,14+,15?/m1/s1. The minimum absolute atomic E-state index is 0.271. The normalized spacial score (nSPS) is 45.5. The van der Waals surface area contributed by atoms with Gasteiger partial charge in [-0.05, 0) is 0 Å². The fourth-order valence-electron chi connectivity index (χ4n) is 2.94. The van der Waals surface area contributed by atoms with Crippen molar-refractivity contribution in [2.45, 2.75) is 68.1 Å². The van der Waals surface area contributed by atoms with E-state index in [1.807, 2.05) is 0 Å². The third-order valence-corrected chi connectivity index (χ3v) is 4.56. The Labute approximate surface area is 154 Å². The molecule has 0 aromatic rings. The predicted octanol–water partition coefficient (Wildman–Crippen LogP) is -4.43. The van der Waals surface area contributed by atoms with Crippen LogP contribution in [-0.2, 0) is 23.7 Å². The Balaban J connectivity index is 2.13. The van der Waals surface area contributed by atoms with E-state index in [1.54, 1.807) is 0 Å². The largest absolute Gasteiger partial charge is 0.463 e. The molecule has 2 saturated heterocycles. The van der Waals surface area contributed by atoms with Crippen LogP contribution in [0.15, 0.2) is 0 Å². The third-order valence-electron chi connectivity index (χ3n) is 4.56. The maximum Gasteiger partial charge on any atom is 0.302 e. The van der Waals surface area contributed by atoms with Gasteiger partial charge >= 0.3 is 5.97 Å². The molecule has 2 fully saturated rings. The predicted molar refractivity (Wildman–Crippen MR) is 82.8 cm³/mol. The molecule has 2 rings (SSSR count). The van der Waals surface area contributed by atoms with E-state index in [2.05, 4.69) is 0 Å². The van der Waals surface area contributed by atoms with E-state index in [-0.39, 0.29) is 6.42 Å². The lowest BCUT2D eigenvalue weighted by Crippen LogP contribution is -2.63. The van der Waals surface area contributed by atoms with Crippen LogP contribution in [0.1, 0.15) is 13.3 Å². The summed E-state index contributed by atoms with van der Waals surface area (Å²) in [6, 6.07) is 0. The van der Waals surface area contributed by atoms with Crippen LogP contribution >= 0.6 is 0 Å². The number of carbonyl (C=O) groups excluding carboxylic acids is 1. The van der Waals surface area contributed by atoms with E-state index in [0.717, 1.165) is 6.92 Å². The first-order valence-electron chi connectivity index (χ1n) is 8.38. The molecule has 6 unspecified atom stereocenters. The summed E-state index contributed by atoms with van der Waals surface area (Å²) in [5, 5.41) is 68.6. The second-order valence-corrected chi connectivity index (χ2v) is 6.70. The van der Waals surface area contributed by atoms with Crippen LogP contribution < -0.4 is 0 Å². The van der Waals surface area contributed by atoms with Crippen LogP contribution in [0.3, 0.4) is 0 Å². The van der Waals surface area contributed by atoms with Gasteiger partial charge in [-0.3, -0.25) is 4.79 Å². The fraction of sp³-hybridized carbons (Fsp3) is 0.933. The molecular weight excluding hydrogens is 372 g/mol. The molecule has 12 nitrogen and oxygen atoms in total. The van der Waals surface area contributed by atoms with E-state index in [4.69, 9.17) is 18.9 Å². The van der Waals surface area contributed by atoms with E-state index in [9.17, 15) is 40.5 Å². The Morgan fingerprint density at radius 1 is 1.04 bits per heavy atom. The second kappa shape index (κ2) is 9.05. The first-order valence-corrected chi connectivity index (χ1v) is 8.38. The van der Waals surface area contributed by atoms with Crippen molar-refractivity contribution in [1.82, 2.24) is 0 Å². The van der Waals surface area contributed by atoms with Crippen molar-refractivity contribution in [2.24, 2.45) is 0 Å². The van der Waals surface area contributed by atoms with Crippen molar-refractivity contribution in [1.29, 1.82) is 0 Å². The number of aliphatic hydroxyl groups is 7. The molecule has 0 bridgehead atoms. The van der Waals surface area contributed by atoms with Crippen LogP contribution in [0.2, 0.25) is 0 Å². The number of rotatable bonds is 6. The van der Waals surface area contributed by atoms with E-state index in [0.29, 0.717) is 0 Å². The maximum atomic E-state index is 11.0. The summed E-state index contributed by atoms with van der Waals surface area (Å²) in [6.07, 6.45) is -12.9. The monoisotopic (exact) mass is 398 g/mol. The van der Waals surface area contributed by atoms with Gasteiger partial charge in [0.2, 0.25) is 0 Å². The Bertz CT molecular complexity index is 501. The zero-order valence-corrected chi connectivity index (χ0v) is 14.6. The van der Waals surface area contributed by atoms with E-state index >= 15 is 0 Å². The summed E-state index contributed by atoms with van der Waals surface area (Å²) >= 11 is 0. The molecule has 0 spiro atoms. The lowest BCUT2D eigenvalue weighted by atomic mass is 9.91.